The lowest BCUT2D eigenvalue weighted by Crippen LogP contribution is -2.58. The van der Waals surface area contributed by atoms with Crippen molar-refractivity contribution in [3.05, 3.63) is 48.2 Å². The molecule has 0 spiro atoms. The summed E-state index contributed by atoms with van der Waals surface area (Å²) in [4.78, 5) is 4.59. The molecule has 1 fully saturated rings. The van der Waals surface area contributed by atoms with Crippen LogP contribution in [0, 0.1) is 6.92 Å². The number of pyridine rings is 1. The minimum Gasteiger partial charge on any atom is -0.352 e. The summed E-state index contributed by atoms with van der Waals surface area (Å²) in [6.07, 6.45) is 2.01. The second-order valence-electron chi connectivity index (χ2n) is 6.73. The van der Waals surface area contributed by atoms with Gasteiger partial charge in [0.25, 0.3) is 0 Å². The fourth-order valence-corrected chi connectivity index (χ4v) is 3.33. The number of aromatic nitrogens is 7. The van der Waals surface area contributed by atoms with Crippen LogP contribution in [0.4, 0.5) is 5.82 Å². The Bertz CT molecular complexity index is 1080. The van der Waals surface area contributed by atoms with Crippen molar-refractivity contribution in [1.82, 2.24) is 39.3 Å². The van der Waals surface area contributed by atoms with Gasteiger partial charge in [-0.15, -0.1) is 25.5 Å². The third kappa shape index (κ3) is 2.39. The molecule has 0 aromatic carbocycles. The van der Waals surface area contributed by atoms with Gasteiger partial charge in [-0.3, -0.25) is 9.30 Å². The molecule has 4 aromatic heterocycles. The van der Waals surface area contributed by atoms with Crippen LogP contribution in [-0.2, 0) is 6.54 Å². The van der Waals surface area contributed by atoms with E-state index in [0.29, 0.717) is 6.04 Å². The van der Waals surface area contributed by atoms with E-state index in [-0.39, 0.29) is 0 Å². The van der Waals surface area contributed by atoms with Crippen LogP contribution in [0.2, 0.25) is 0 Å². The van der Waals surface area contributed by atoms with Gasteiger partial charge in [-0.2, -0.15) is 4.52 Å². The molecule has 0 saturated carbocycles. The molecule has 1 saturated heterocycles. The predicted octanol–water partition coefficient (Wildman–Crippen LogP) is 0.796. The summed E-state index contributed by atoms with van der Waals surface area (Å²) in [6.45, 7) is 4.55. The van der Waals surface area contributed by atoms with Crippen LogP contribution >= 0.6 is 0 Å². The number of anilines is 1. The topological polar surface area (TPSA) is 79.8 Å². The minimum absolute atomic E-state index is 0.463. The molecule has 0 bridgehead atoms. The van der Waals surface area contributed by atoms with Crippen LogP contribution in [0.3, 0.4) is 0 Å². The van der Waals surface area contributed by atoms with Crippen LogP contribution in [0.1, 0.15) is 11.6 Å². The van der Waals surface area contributed by atoms with Gasteiger partial charge in [-0.25, -0.2) is 0 Å². The number of likely N-dealkylation sites (N-methyl/N-ethyl adjacent to an activating group) is 1. The van der Waals surface area contributed by atoms with E-state index in [1.54, 1.807) is 4.52 Å². The van der Waals surface area contributed by atoms with E-state index in [1.165, 1.54) is 0 Å². The molecule has 5 heterocycles. The summed E-state index contributed by atoms with van der Waals surface area (Å²) in [5.41, 5.74) is 1.66. The van der Waals surface area contributed by atoms with E-state index in [1.807, 2.05) is 47.9 Å². The molecular weight excluding hydrogens is 330 g/mol. The molecular formula is C17H19N9. The number of fused-ring (bicyclic) bond motifs is 2. The Morgan fingerprint density at radius 3 is 2.77 bits per heavy atom. The van der Waals surface area contributed by atoms with Gasteiger partial charge in [-0.1, -0.05) is 6.07 Å². The van der Waals surface area contributed by atoms with Crippen molar-refractivity contribution in [2.45, 2.75) is 19.5 Å². The molecule has 0 N–H and O–H groups in total. The third-order valence-corrected chi connectivity index (χ3v) is 4.99. The summed E-state index contributed by atoms with van der Waals surface area (Å²) < 4.78 is 3.83. The van der Waals surface area contributed by atoms with E-state index in [2.05, 4.69) is 42.3 Å². The monoisotopic (exact) mass is 349 g/mol. The van der Waals surface area contributed by atoms with Crippen LogP contribution in [-0.4, -0.2) is 65.5 Å². The number of rotatable bonds is 4. The number of hydrogen-bond acceptors (Lipinski definition) is 7. The first-order valence-corrected chi connectivity index (χ1v) is 8.62. The standard InChI is InChI=1S/C17H19N9/c1-12-18-20-15-6-7-16(22-26(12)15)24-9-13(10-24)23(2)11-17-21-19-14-5-3-4-8-25(14)17/h3-8,13H,9-11H2,1-2H3. The van der Waals surface area contributed by atoms with E-state index < -0.39 is 0 Å². The highest BCUT2D eigenvalue weighted by molar-refractivity contribution is 5.48. The molecule has 1 aliphatic heterocycles. The van der Waals surface area contributed by atoms with E-state index in [9.17, 15) is 0 Å². The second-order valence-corrected chi connectivity index (χ2v) is 6.73. The van der Waals surface area contributed by atoms with Gasteiger partial charge in [0.15, 0.2) is 22.9 Å². The molecule has 9 nitrogen and oxygen atoms in total. The average molecular weight is 349 g/mol. The Hall–Kier alpha value is -3.07. The Balaban J connectivity index is 1.27. The van der Waals surface area contributed by atoms with E-state index in [0.717, 1.165) is 48.4 Å². The van der Waals surface area contributed by atoms with Crippen molar-refractivity contribution < 1.29 is 0 Å². The van der Waals surface area contributed by atoms with Gasteiger partial charge in [0.1, 0.15) is 5.82 Å². The maximum atomic E-state index is 4.64. The number of hydrogen-bond donors (Lipinski definition) is 0. The zero-order chi connectivity index (χ0) is 17.7. The molecule has 5 rings (SSSR count). The van der Waals surface area contributed by atoms with E-state index in [4.69, 9.17) is 0 Å². The maximum absolute atomic E-state index is 4.64. The SMILES string of the molecule is Cc1nnc2ccc(N3CC(N(C)Cc4nnc5ccccn45)C3)nn12. The third-order valence-electron chi connectivity index (χ3n) is 4.99. The summed E-state index contributed by atoms with van der Waals surface area (Å²) in [5, 5.41) is 21.3. The Morgan fingerprint density at radius 1 is 1.04 bits per heavy atom. The normalized spacial score (nSPS) is 15.3. The molecule has 0 atom stereocenters. The van der Waals surface area contributed by atoms with Gasteiger partial charge < -0.3 is 4.90 Å². The van der Waals surface area contributed by atoms with Crippen molar-refractivity contribution in [1.29, 1.82) is 0 Å². The molecule has 132 valence electrons. The molecule has 9 heteroatoms. The minimum atomic E-state index is 0.463. The Morgan fingerprint density at radius 2 is 1.88 bits per heavy atom. The van der Waals surface area contributed by atoms with Gasteiger partial charge in [0, 0.05) is 25.3 Å². The van der Waals surface area contributed by atoms with E-state index >= 15 is 0 Å². The Labute approximate surface area is 149 Å². The van der Waals surface area contributed by atoms with Crippen molar-refractivity contribution in [3.8, 4) is 0 Å². The highest BCUT2D eigenvalue weighted by Gasteiger charge is 2.31. The molecule has 1 aliphatic rings. The lowest BCUT2D eigenvalue weighted by molar-refractivity contribution is 0.192. The van der Waals surface area contributed by atoms with Gasteiger partial charge in [-0.05, 0) is 38.2 Å². The highest BCUT2D eigenvalue weighted by atomic mass is 15.4. The smallest absolute Gasteiger partial charge is 0.178 e. The zero-order valence-electron chi connectivity index (χ0n) is 14.7. The van der Waals surface area contributed by atoms with Crippen molar-refractivity contribution in [2.75, 3.05) is 25.0 Å². The number of nitrogens with zero attached hydrogens (tertiary/aromatic N) is 9. The Kier molecular flexibility index (Phi) is 3.35. The summed E-state index contributed by atoms with van der Waals surface area (Å²) in [6, 6.07) is 10.4. The molecule has 0 unspecified atom stereocenters. The van der Waals surface area contributed by atoms with Gasteiger partial charge in [0.05, 0.1) is 6.54 Å². The predicted molar refractivity (Wildman–Crippen MR) is 96.0 cm³/mol. The zero-order valence-corrected chi connectivity index (χ0v) is 14.7. The highest BCUT2D eigenvalue weighted by Crippen LogP contribution is 2.22. The average Bonchev–Trinajstić information content (AvgIpc) is 3.18. The van der Waals surface area contributed by atoms with Crippen LogP contribution in [0.5, 0.6) is 0 Å². The molecule has 4 aromatic rings. The first-order valence-electron chi connectivity index (χ1n) is 8.62. The van der Waals surface area contributed by atoms with Crippen LogP contribution < -0.4 is 4.90 Å². The fourth-order valence-electron chi connectivity index (χ4n) is 3.33. The first-order chi connectivity index (χ1) is 12.7. The van der Waals surface area contributed by atoms with Crippen LogP contribution in [0.25, 0.3) is 11.3 Å². The maximum Gasteiger partial charge on any atom is 0.178 e. The van der Waals surface area contributed by atoms with Gasteiger partial charge in [0.2, 0.25) is 0 Å². The molecule has 0 amide bonds. The number of aryl methyl sites for hydroxylation is 1. The summed E-state index contributed by atoms with van der Waals surface area (Å²) in [5.74, 6) is 2.72. The second kappa shape index (κ2) is 5.73. The lowest BCUT2D eigenvalue weighted by atomic mass is 10.1. The fraction of sp³-hybridized carbons (Fsp3) is 0.353. The van der Waals surface area contributed by atoms with Crippen molar-refractivity contribution in [3.63, 3.8) is 0 Å². The van der Waals surface area contributed by atoms with Gasteiger partial charge >= 0.3 is 0 Å². The van der Waals surface area contributed by atoms with Crippen molar-refractivity contribution >= 4 is 17.1 Å². The largest absolute Gasteiger partial charge is 0.352 e. The molecule has 0 radical (unpaired) electrons. The van der Waals surface area contributed by atoms with Crippen LogP contribution in [0.15, 0.2) is 36.5 Å². The lowest BCUT2D eigenvalue weighted by Gasteiger charge is -2.44. The summed E-state index contributed by atoms with van der Waals surface area (Å²) in [7, 11) is 2.13. The van der Waals surface area contributed by atoms with Crippen molar-refractivity contribution in [2.24, 2.45) is 0 Å². The quantitative estimate of drug-likeness (QED) is 0.539. The first kappa shape index (κ1) is 15.2. The molecule has 0 aliphatic carbocycles. The summed E-state index contributed by atoms with van der Waals surface area (Å²) >= 11 is 0. The molecule has 26 heavy (non-hydrogen) atoms.